The molecular weight excluding hydrogens is 292 g/mol. The van der Waals surface area contributed by atoms with Crippen LogP contribution in [-0.4, -0.2) is 23.6 Å². The van der Waals surface area contributed by atoms with Crippen molar-refractivity contribution in [1.82, 2.24) is 5.43 Å². The van der Waals surface area contributed by atoms with Crippen molar-refractivity contribution in [2.24, 2.45) is 5.10 Å². The Kier molecular flexibility index (Phi) is 5.78. The summed E-state index contributed by atoms with van der Waals surface area (Å²) in [6.07, 6.45) is 2.02. The molecule has 1 amide bonds. The molecule has 0 atom stereocenters. The first-order chi connectivity index (χ1) is 10.6. The smallest absolute Gasteiger partial charge is 0.267 e. The van der Waals surface area contributed by atoms with Gasteiger partial charge in [-0.2, -0.15) is 16.9 Å². The van der Waals surface area contributed by atoms with Crippen LogP contribution < -0.4 is 5.43 Å². The lowest BCUT2D eigenvalue weighted by Gasteiger charge is -2.07. The lowest BCUT2D eigenvalue weighted by atomic mass is 10.1. The largest absolute Gasteiger partial charge is 0.271 e. The van der Waals surface area contributed by atoms with Crippen molar-refractivity contribution < 1.29 is 4.79 Å². The summed E-state index contributed by atoms with van der Waals surface area (Å²) in [5, 5.41) is 4.31. The maximum absolute atomic E-state index is 12.1. The summed E-state index contributed by atoms with van der Waals surface area (Å²) in [5.41, 5.74) is 7.50. The molecule has 0 fully saturated rings. The van der Waals surface area contributed by atoms with E-state index < -0.39 is 0 Å². The molecule has 0 bridgehead atoms. The zero-order valence-corrected chi connectivity index (χ0v) is 13.9. The number of nitrogens with zero attached hydrogens (tertiary/aromatic N) is 1. The van der Waals surface area contributed by atoms with Crippen LogP contribution in [0.25, 0.3) is 0 Å². The Morgan fingerprint density at radius 3 is 1.95 bits per heavy atom. The normalized spacial score (nSPS) is 11.3. The highest BCUT2D eigenvalue weighted by molar-refractivity contribution is 7.99. The topological polar surface area (TPSA) is 41.5 Å². The molecule has 0 heterocycles. The molecular formula is C18H20N2OS. The van der Waals surface area contributed by atoms with Gasteiger partial charge in [-0.05, 0) is 37.8 Å². The number of carbonyl (C=O) groups excluding carboxylic acids is 1. The van der Waals surface area contributed by atoms with Gasteiger partial charge in [-0.3, -0.25) is 4.79 Å². The number of benzene rings is 2. The third-order valence-electron chi connectivity index (χ3n) is 3.27. The van der Waals surface area contributed by atoms with E-state index in [-0.39, 0.29) is 5.91 Å². The van der Waals surface area contributed by atoms with E-state index in [1.54, 1.807) is 23.9 Å². The first kappa shape index (κ1) is 16.3. The molecule has 4 heteroatoms. The second-order valence-corrected chi connectivity index (χ2v) is 6.03. The molecule has 0 spiro atoms. The molecule has 2 rings (SSSR count). The standard InChI is InChI=1S/C18H20N2OS/c1-13-4-8-15(9-5-13)17(12-22-3)19-20-18(21)16-10-6-14(2)7-11-16/h4-11H,12H2,1-3H3,(H,20,21). The van der Waals surface area contributed by atoms with E-state index >= 15 is 0 Å². The Morgan fingerprint density at radius 2 is 1.45 bits per heavy atom. The number of hydrogen-bond acceptors (Lipinski definition) is 3. The number of carbonyl (C=O) groups is 1. The van der Waals surface area contributed by atoms with Gasteiger partial charge in [-0.15, -0.1) is 0 Å². The van der Waals surface area contributed by atoms with Crippen molar-refractivity contribution in [1.29, 1.82) is 0 Å². The lowest BCUT2D eigenvalue weighted by Crippen LogP contribution is -2.21. The summed E-state index contributed by atoms with van der Waals surface area (Å²) in [7, 11) is 0. The number of hydrogen-bond donors (Lipinski definition) is 1. The number of thioether (sulfide) groups is 1. The Bertz CT molecular complexity index is 660. The first-order valence-electron chi connectivity index (χ1n) is 7.09. The van der Waals surface area contributed by atoms with E-state index in [9.17, 15) is 4.79 Å². The minimum absolute atomic E-state index is 0.189. The number of nitrogens with one attached hydrogen (secondary N) is 1. The van der Waals surface area contributed by atoms with Gasteiger partial charge in [0.15, 0.2) is 0 Å². The molecule has 2 aromatic carbocycles. The number of rotatable bonds is 5. The van der Waals surface area contributed by atoms with Crippen LogP contribution in [0.2, 0.25) is 0 Å². The van der Waals surface area contributed by atoms with E-state index in [1.165, 1.54) is 5.56 Å². The van der Waals surface area contributed by atoms with Gasteiger partial charge in [0.05, 0.1) is 5.71 Å². The van der Waals surface area contributed by atoms with Crippen LogP contribution in [-0.2, 0) is 0 Å². The van der Waals surface area contributed by atoms with Crippen LogP contribution in [0.15, 0.2) is 53.6 Å². The Labute approximate surface area is 135 Å². The monoisotopic (exact) mass is 312 g/mol. The van der Waals surface area contributed by atoms with Crippen LogP contribution >= 0.6 is 11.8 Å². The SMILES string of the molecule is CSCC(=NNC(=O)c1ccc(C)cc1)c1ccc(C)cc1. The second kappa shape index (κ2) is 7.80. The molecule has 0 aliphatic heterocycles. The van der Waals surface area contributed by atoms with Crippen molar-refractivity contribution in [2.45, 2.75) is 13.8 Å². The fraction of sp³-hybridized carbons (Fsp3) is 0.222. The van der Waals surface area contributed by atoms with Crippen LogP contribution in [0.1, 0.15) is 27.0 Å². The molecule has 22 heavy (non-hydrogen) atoms. The number of hydrazone groups is 1. The first-order valence-corrected chi connectivity index (χ1v) is 8.49. The van der Waals surface area contributed by atoms with Gasteiger partial charge in [0.2, 0.25) is 0 Å². The van der Waals surface area contributed by atoms with E-state index in [2.05, 4.69) is 10.5 Å². The lowest BCUT2D eigenvalue weighted by molar-refractivity contribution is 0.0955. The molecule has 3 nitrogen and oxygen atoms in total. The fourth-order valence-electron chi connectivity index (χ4n) is 1.95. The maximum atomic E-state index is 12.1. The predicted octanol–water partition coefficient (Wildman–Crippen LogP) is 3.80. The van der Waals surface area contributed by atoms with Gasteiger partial charge in [0.25, 0.3) is 5.91 Å². The van der Waals surface area contributed by atoms with Crippen LogP contribution in [0.5, 0.6) is 0 Å². The molecule has 0 saturated heterocycles. The molecule has 0 saturated carbocycles. The number of amides is 1. The van der Waals surface area contributed by atoms with E-state index in [1.807, 2.05) is 56.5 Å². The molecule has 1 N–H and O–H groups in total. The van der Waals surface area contributed by atoms with Crippen LogP contribution in [0.3, 0.4) is 0 Å². The van der Waals surface area contributed by atoms with E-state index in [0.717, 1.165) is 22.6 Å². The summed E-state index contributed by atoms with van der Waals surface area (Å²) in [6.45, 7) is 4.04. The van der Waals surface area contributed by atoms with Gasteiger partial charge < -0.3 is 0 Å². The molecule has 0 aromatic heterocycles. The van der Waals surface area contributed by atoms with Crippen molar-refractivity contribution in [3.8, 4) is 0 Å². The van der Waals surface area contributed by atoms with Crippen molar-refractivity contribution in [3.05, 3.63) is 70.8 Å². The summed E-state index contributed by atoms with van der Waals surface area (Å²) in [5.74, 6) is 0.558. The minimum Gasteiger partial charge on any atom is -0.267 e. The van der Waals surface area contributed by atoms with Crippen molar-refractivity contribution >= 4 is 23.4 Å². The third-order valence-corrected chi connectivity index (χ3v) is 3.83. The second-order valence-electron chi connectivity index (χ2n) is 5.16. The van der Waals surface area contributed by atoms with E-state index in [4.69, 9.17) is 0 Å². The van der Waals surface area contributed by atoms with Gasteiger partial charge in [-0.25, -0.2) is 5.43 Å². The molecule has 0 aliphatic carbocycles. The number of aryl methyl sites for hydroxylation is 2. The van der Waals surface area contributed by atoms with Crippen molar-refractivity contribution in [3.63, 3.8) is 0 Å². The fourth-order valence-corrected chi connectivity index (χ4v) is 2.46. The minimum atomic E-state index is -0.189. The maximum Gasteiger partial charge on any atom is 0.271 e. The summed E-state index contributed by atoms with van der Waals surface area (Å²) in [6, 6.07) is 15.6. The quantitative estimate of drug-likeness (QED) is 0.674. The molecule has 0 radical (unpaired) electrons. The third kappa shape index (κ3) is 4.46. The average molecular weight is 312 g/mol. The summed E-state index contributed by atoms with van der Waals surface area (Å²) in [4.78, 5) is 12.1. The van der Waals surface area contributed by atoms with Gasteiger partial charge in [-0.1, -0.05) is 47.5 Å². The molecule has 0 aliphatic rings. The molecule has 0 unspecified atom stereocenters. The van der Waals surface area contributed by atoms with Gasteiger partial charge in [0.1, 0.15) is 0 Å². The zero-order chi connectivity index (χ0) is 15.9. The highest BCUT2D eigenvalue weighted by Crippen LogP contribution is 2.09. The predicted molar refractivity (Wildman–Crippen MR) is 94.7 cm³/mol. The Morgan fingerprint density at radius 1 is 0.955 bits per heavy atom. The van der Waals surface area contributed by atoms with E-state index in [0.29, 0.717) is 5.56 Å². The molecule has 2 aromatic rings. The highest BCUT2D eigenvalue weighted by atomic mass is 32.2. The highest BCUT2D eigenvalue weighted by Gasteiger charge is 2.07. The Balaban J connectivity index is 2.14. The molecule has 114 valence electrons. The zero-order valence-electron chi connectivity index (χ0n) is 13.1. The van der Waals surface area contributed by atoms with Crippen LogP contribution in [0.4, 0.5) is 0 Å². The van der Waals surface area contributed by atoms with Gasteiger partial charge in [0, 0.05) is 11.3 Å². The van der Waals surface area contributed by atoms with Crippen molar-refractivity contribution in [2.75, 3.05) is 12.0 Å². The van der Waals surface area contributed by atoms with Gasteiger partial charge >= 0.3 is 0 Å². The average Bonchev–Trinajstić information content (AvgIpc) is 2.53. The summed E-state index contributed by atoms with van der Waals surface area (Å²) >= 11 is 1.68. The summed E-state index contributed by atoms with van der Waals surface area (Å²) < 4.78 is 0. The van der Waals surface area contributed by atoms with Crippen LogP contribution in [0, 0.1) is 13.8 Å². The Hall–Kier alpha value is -2.07.